The number of likely N-dealkylation sites (tertiary alicyclic amines) is 1. The number of benzene rings is 2. The number of nitrogens with one attached hydrogen (secondary N) is 3. The molecule has 2 fully saturated rings. The SMILES string of the molecule is CCC(C)C(C(CC(=O)N1CCCC1C(OC)C(C)C(=O)NC(Cc1ccccc1)C(=O)NS(=O)c1ccc(C2(N)CC2)cc1)OC)N(C)C(=O)CNC(=O)C(C(C)C)N(C)C. The van der Waals surface area contributed by atoms with Gasteiger partial charge >= 0.3 is 0 Å². The second kappa shape index (κ2) is 22.9. The molecule has 1 aliphatic heterocycles. The quantitative estimate of drug-likeness (QED) is 0.129. The lowest BCUT2D eigenvalue weighted by molar-refractivity contribution is -0.146. The van der Waals surface area contributed by atoms with Crippen molar-refractivity contribution in [3.05, 3.63) is 65.7 Å². The van der Waals surface area contributed by atoms with Gasteiger partial charge in [0.05, 0.1) is 54.1 Å². The van der Waals surface area contributed by atoms with E-state index in [4.69, 9.17) is 15.2 Å². The van der Waals surface area contributed by atoms with Crippen molar-refractivity contribution in [3.63, 3.8) is 0 Å². The Bertz CT molecular complexity index is 1840. The van der Waals surface area contributed by atoms with Crippen LogP contribution in [-0.2, 0) is 56.4 Å². The monoisotopic (exact) mass is 882 g/mol. The predicted molar refractivity (Wildman–Crippen MR) is 240 cm³/mol. The lowest BCUT2D eigenvalue weighted by Crippen LogP contribution is -2.55. The van der Waals surface area contributed by atoms with Crippen molar-refractivity contribution < 1.29 is 37.7 Å². The Morgan fingerprint density at radius 2 is 1.56 bits per heavy atom. The molecule has 4 rings (SSSR count). The second-order valence-electron chi connectivity index (χ2n) is 17.7. The number of ether oxygens (including phenoxy) is 2. The van der Waals surface area contributed by atoms with Gasteiger partial charge in [-0.1, -0.05) is 83.5 Å². The van der Waals surface area contributed by atoms with Crippen molar-refractivity contribution in [2.45, 2.75) is 126 Å². The summed E-state index contributed by atoms with van der Waals surface area (Å²) in [6.45, 7) is 9.90. The molecule has 62 heavy (non-hydrogen) atoms. The first-order valence-corrected chi connectivity index (χ1v) is 23.0. The maximum Gasteiger partial charge on any atom is 0.254 e. The first-order chi connectivity index (χ1) is 29.4. The molecule has 1 heterocycles. The van der Waals surface area contributed by atoms with Gasteiger partial charge in [0.1, 0.15) is 6.04 Å². The molecule has 1 saturated heterocycles. The van der Waals surface area contributed by atoms with Gasteiger partial charge in [-0.25, -0.2) is 4.21 Å². The van der Waals surface area contributed by atoms with Gasteiger partial charge in [0.25, 0.3) is 5.91 Å². The molecule has 1 saturated carbocycles. The van der Waals surface area contributed by atoms with Gasteiger partial charge in [0.2, 0.25) is 23.6 Å². The molecule has 2 aromatic carbocycles. The minimum absolute atomic E-state index is 0.0225. The van der Waals surface area contributed by atoms with E-state index in [1.807, 2.05) is 89.2 Å². The zero-order valence-corrected chi connectivity index (χ0v) is 39.2. The van der Waals surface area contributed by atoms with E-state index < -0.39 is 65.1 Å². The van der Waals surface area contributed by atoms with Crippen LogP contribution in [0.4, 0.5) is 0 Å². The fourth-order valence-electron chi connectivity index (χ4n) is 8.77. The Hall–Kier alpha value is -4.22. The topological polar surface area (TPSA) is 193 Å². The van der Waals surface area contributed by atoms with Crippen LogP contribution in [0.15, 0.2) is 59.5 Å². The Morgan fingerprint density at radius 1 is 0.919 bits per heavy atom. The summed E-state index contributed by atoms with van der Waals surface area (Å²) in [5.74, 6) is -2.58. The van der Waals surface area contributed by atoms with E-state index >= 15 is 0 Å². The van der Waals surface area contributed by atoms with Crippen molar-refractivity contribution in [1.29, 1.82) is 0 Å². The Morgan fingerprint density at radius 3 is 2.11 bits per heavy atom. The van der Waals surface area contributed by atoms with Gasteiger partial charge in [0, 0.05) is 39.8 Å². The average Bonchev–Trinajstić information content (AvgIpc) is 3.82. The normalized spacial score (nSPS) is 19.7. The molecule has 9 atom stereocenters. The third-order valence-corrected chi connectivity index (χ3v) is 13.8. The number of methoxy groups -OCH3 is 2. The van der Waals surface area contributed by atoms with Crippen LogP contribution in [0.25, 0.3) is 0 Å². The molecule has 16 heteroatoms. The molecular weight excluding hydrogens is 811 g/mol. The summed E-state index contributed by atoms with van der Waals surface area (Å²) in [4.78, 5) is 74.3. The highest BCUT2D eigenvalue weighted by Crippen LogP contribution is 2.42. The van der Waals surface area contributed by atoms with Gasteiger partial charge in [-0.2, -0.15) is 0 Å². The summed E-state index contributed by atoms with van der Waals surface area (Å²) >= 11 is 0. The molecule has 0 bridgehead atoms. The van der Waals surface area contributed by atoms with Crippen molar-refractivity contribution >= 4 is 40.5 Å². The van der Waals surface area contributed by atoms with Crippen LogP contribution >= 0.6 is 0 Å². The highest BCUT2D eigenvalue weighted by molar-refractivity contribution is 7.83. The highest BCUT2D eigenvalue weighted by atomic mass is 32.2. The number of hydrogen-bond acceptors (Lipinski definition) is 10. The van der Waals surface area contributed by atoms with Gasteiger partial charge < -0.3 is 35.6 Å². The third kappa shape index (κ3) is 12.9. The summed E-state index contributed by atoms with van der Waals surface area (Å²) in [6.07, 6.45) is 2.52. The number of nitrogens with zero attached hydrogens (tertiary/aromatic N) is 3. The first-order valence-electron chi connectivity index (χ1n) is 21.9. The Labute approximate surface area is 371 Å². The zero-order valence-electron chi connectivity index (χ0n) is 38.3. The van der Waals surface area contributed by atoms with Gasteiger partial charge in [-0.3, -0.25) is 33.6 Å². The molecule has 2 aromatic rings. The molecule has 1 aliphatic carbocycles. The maximum absolute atomic E-state index is 14.3. The van der Waals surface area contributed by atoms with Gasteiger partial charge in [-0.15, -0.1) is 0 Å². The number of hydrogen-bond donors (Lipinski definition) is 4. The number of nitrogens with two attached hydrogens (primary N) is 1. The Kier molecular flexibility index (Phi) is 18.6. The third-order valence-electron chi connectivity index (χ3n) is 12.7. The lowest BCUT2D eigenvalue weighted by Gasteiger charge is -2.39. The van der Waals surface area contributed by atoms with E-state index in [0.29, 0.717) is 30.7 Å². The van der Waals surface area contributed by atoms with Crippen LogP contribution in [0.5, 0.6) is 0 Å². The summed E-state index contributed by atoms with van der Waals surface area (Å²) in [5.41, 5.74) is 7.72. The molecular formula is C46H71N7O8S. The van der Waals surface area contributed by atoms with E-state index in [2.05, 4.69) is 15.4 Å². The van der Waals surface area contributed by atoms with E-state index in [9.17, 15) is 28.2 Å². The van der Waals surface area contributed by atoms with Crippen LogP contribution in [0.1, 0.15) is 84.3 Å². The predicted octanol–water partition coefficient (Wildman–Crippen LogP) is 3.12. The first kappa shape index (κ1) is 50.4. The van der Waals surface area contributed by atoms with Crippen LogP contribution in [0.3, 0.4) is 0 Å². The summed E-state index contributed by atoms with van der Waals surface area (Å²) < 4.78 is 27.9. The standard InChI is InChI=1S/C46H71N7O8S/c1-11-30(4)41(52(8)39(55)28-48-45(58)40(29(2)3)51(6)7)37(60-9)27-38(54)53-25-15-18-36(53)42(61-10)31(5)43(56)49-35(26-32-16-13-12-14-17-32)44(57)50-62(59)34-21-19-33(20-22-34)46(47)23-24-46/h12-14,16-17,19-22,29-31,35-37,40-42H,11,15,18,23-28,47H2,1-10H3,(H,48,58)(H,49,56)(H,50,57). The maximum atomic E-state index is 14.3. The molecule has 15 nitrogen and oxygen atoms in total. The number of carbonyl (C=O) groups excluding carboxylic acids is 5. The number of carbonyl (C=O) groups is 5. The van der Waals surface area contributed by atoms with E-state index in [0.717, 1.165) is 24.0 Å². The highest BCUT2D eigenvalue weighted by Gasteiger charge is 2.43. The summed E-state index contributed by atoms with van der Waals surface area (Å²) in [5, 5.41) is 5.71. The number of rotatable bonds is 23. The molecule has 0 spiro atoms. The van der Waals surface area contributed by atoms with E-state index in [1.165, 1.54) is 14.2 Å². The Balaban J connectivity index is 1.45. The fraction of sp³-hybridized carbons (Fsp3) is 0.630. The van der Waals surface area contributed by atoms with E-state index in [1.54, 1.807) is 35.9 Å². The van der Waals surface area contributed by atoms with E-state index in [-0.39, 0.29) is 54.5 Å². The van der Waals surface area contributed by atoms with Crippen LogP contribution in [-0.4, -0.2) is 133 Å². The van der Waals surface area contributed by atoms with Gasteiger partial charge in [0.15, 0.2) is 11.0 Å². The molecule has 0 aromatic heterocycles. The minimum atomic E-state index is -1.89. The smallest absolute Gasteiger partial charge is 0.254 e. The summed E-state index contributed by atoms with van der Waals surface area (Å²) in [7, 11) is 6.48. The molecule has 9 unspecified atom stereocenters. The molecule has 344 valence electrons. The average molecular weight is 882 g/mol. The molecule has 2 aliphatic rings. The largest absolute Gasteiger partial charge is 0.379 e. The second-order valence-corrected chi connectivity index (χ2v) is 18.9. The van der Waals surface area contributed by atoms with Gasteiger partial charge in [-0.05, 0) is 74.9 Å². The van der Waals surface area contributed by atoms with Crippen molar-refractivity contribution in [2.24, 2.45) is 23.5 Å². The van der Waals surface area contributed by atoms with Crippen LogP contribution < -0.4 is 21.1 Å². The molecule has 5 N–H and O–H groups in total. The lowest BCUT2D eigenvalue weighted by atomic mass is 9.90. The molecule has 5 amide bonds. The van der Waals surface area contributed by atoms with Crippen LogP contribution in [0.2, 0.25) is 0 Å². The molecule has 0 radical (unpaired) electrons. The van der Waals surface area contributed by atoms with Crippen LogP contribution in [0, 0.1) is 17.8 Å². The number of amides is 5. The number of likely N-dealkylation sites (N-methyl/N-ethyl adjacent to an activating group) is 2. The zero-order chi connectivity index (χ0) is 45.9. The minimum Gasteiger partial charge on any atom is -0.379 e. The van der Waals surface area contributed by atoms with Crippen molar-refractivity contribution in [1.82, 2.24) is 30.1 Å². The summed E-state index contributed by atoms with van der Waals surface area (Å²) in [6, 6.07) is 13.9. The fourth-order valence-corrected chi connectivity index (χ4v) is 9.59. The van der Waals surface area contributed by atoms with Crippen molar-refractivity contribution in [2.75, 3.05) is 48.5 Å². The van der Waals surface area contributed by atoms with Crippen molar-refractivity contribution in [3.8, 4) is 0 Å².